The number of aromatic nitrogens is 2. The lowest BCUT2D eigenvalue weighted by molar-refractivity contribution is 0.142. The summed E-state index contributed by atoms with van der Waals surface area (Å²) >= 11 is 3.28. The fourth-order valence-electron chi connectivity index (χ4n) is 3.42. The van der Waals surface area contributed by atoms with Crippen molar-refractivity contribution in [2.45, 2.75) is 0 Å². The molecule has 6 nitrogen and oxygen atoms in total. The van der Waals surface area contributed by atoms with E-state index >= 15 is 4.39 Å². The Hall–Kier alpha value is -2.88. The minimum Gasteiger partial charge on any atom is -0.465 e. The van der Waals surface area contributed by atoms with Crippen LogP contribution in [0.3, 0.4) is 0 Å². The van der Waals surface area contributed by atoms with E-state index in [1.54, 1.807) is 6.07 Å². The topological polar surface area (TPSA) is 69.6 Å². The lowest BCUT2D eigenvalue weighted by Gasteiger charge is -2.34. The third-order valence-electron chi connectivity index (χ3n) is 4.85. The number of hydrogen-bond acceptors (Lipinski definition) is 4. The van der Waals surface area contributed by atoms with Gasteiger partial charge in [0.2, 0.25) is 0 Å². The second-order valence-corrected chi connectivity index (χ2v) is 7.38. The van der Waals surface area contributed by atoms with Crippen LogP contribution in [0.5, 0.6) is 0 Å². The van der Waals surface area contributed by atoms with E-state index < -0.39 is 23.5 Å². The van der Waals surface area contributed by atoms with Crippen LogP contribution in [-0.4, -0.2) is 52.2 Å². The van der Waals surface area contributed by atoms with Crippen LogP contribution < -0.4 is 4.90 Å². The summed E-state index contributed by atoms with van der Waals surface area (Å²) in [5.41, 5.74) is -0.152. The predicted molar refractivity (Wildman–Crippen MR) is 104 cm³/mol. The standard InChI is InChI=1S/C19H14BrF3N4O2/c20-13-8-12-17(16(23)15(13)11-2-1-10(21)7-14(11)22)24-9-25-18(12)26-3-5-27(6-4-26)19(28)29/h1-2,7-9H,3-6H2,(H,28,29). The van der Waals surface area contributed by atoms with Gasteiger partial charge in [-0.1, -0.05) is 15.9 Å². The van der Waals surface area contributed by atoms with E-state index in [2.05, 4.69) is 25.9 Å². The Labute approximate surface area is 171 Å². The molecule has 0 aliphatic carbocycles. The summed E-state index contributed by atoms with van der Waals surface area (Å²) in [6, 6.07) is 4.52. The van der Waals surface area contributed by atoms with E-state index in [-0.39, 0.29) is 21.1 Å². The number of rotatable bonds is 2. The van der Waals surface area contributed by atoms with Crippen LogP contribution in [0.15, 0.2) is 35.1 Å². The van der Waals surface area contributed by atoms with Crippen molar-refractivity contribution in [2.75, 3.05) is 31.1 Å². The SMILES string of the molecule is O=C(O)N1CCN(c2ncnc3c(F)c(-c4ccc(F)cc4F)c(Br)cc23)CC1. The molecule has 0 radical (unpaired) electrons. The van der Waals surface area contributed by atoms with E-state index in [0.29, 0.717) is 43.4 Å². The Morgan fingerprint density at radius 2 is 1.79 bits per heavy atom. The first-order chi connectivity index (χ1) is 13.9. The van der Waals surface area contributed by atoms with Gasteiger partial charge in [-0.3, -0.25) is 0 Å². The van der Waals surface area contributed by atoms with Crippen molar-refractivity contribution in [3.8, 4) is 11.1 Å². The number of fused-ring (bicyclic) bond motifs is 1. The summed E-state index contributed by atoms with van der Waals surface area (Å²) in [6.07, 6.45) is 0.222. The van der Waals surface area contributed by atoms with Gasteiger partial charge in [-0.05, 0) is 18.2 Å². The lowest BCUT2D eigenvalue weighted by atomic mass is 10.0. The summed E-state index contributed by atoms with van der Waals surface area (Å²) < 4.78 is 43.1. The first kappa shape index (κ1) is 19.4. The molecule has 1 aliphatic rings. The van der Waals surface area contributed by atoms with Crippen LogP contribution >= 0.6 is 15.9 Å². The number of piperazine rings is 1. The van der Waals surface area contributed by atoms with Gasteiger partial charge in [-0.2, -0.15) is 0 Å². The lowest BCUT2D eigenvalue weighted by Crippen LogP contribution is -2.48. The molecular formula is C19H14BrF3N4O2. The zero-order chi connectivity index (χ0) is 20.7. The van der Waals surface area contributed by atoms with Gasteiger partial charge in [0.25, 0.3) is 0 Å². The summed E-state index contributed by atoms with van der Waals surface area (Å²) in [5.74, 6) is -1.94. The van der Waals surface area contributed by atoms with E-state index in [9.17, 15) is 13.6 Å². The van der Waals surface area contributed by atoms with Crippen molar-refractivity contribution in [3.05, 3.63) is 52.5 Å². The summed E-state index contributed by atoms with van der Waals surface area (Å²) in [7, 11) is 0. The van der Waals surface area contributed by atoms with Crippen molar-refractivity contribution in [1.82, 2.24) is 14.9 Å². The molecule has 0 saturated carbocycles. The summed E-state index contributed by atoms with van der Waals surface area (Å²) in [4.78, 5) is 22.5. The number of hydrogen-bond donors (Lipinski definition) is 1. The highest BCUT2D eigenvalue weighted by molar-refractivity contribution is 9.10. The molecule has 10 heteroatoms. The van der Waals surface area contributed by atoms with Crippen molar-refractivity contribution in [1.29, 1.82) is 0 Å². The molecule has 1 aliphatic heterocycles. The van der Waals surface area contributed by atoms with E-state index in [1.165, 1.54) is 17.3 Å². The minimum atomic E-state index is -0.989. The van der Waals surface area contributed by atoms with Gasteiger partial charge in [0.1, 0.15) is 29.3 Å². The first-order valence-corrected chi connectivity index (χ1v) is 9.47. The second-order valence-electron chi connectivity index (χ2n) is 6.52. The number of benzene rings is 2. The van der Waals surface area contributed by atoms with Crippen molar-refractivity contribution >= 4 is 38.7 Å². The highest BCUT2D eigenvalue weighted by Gasteiger charge is 2.25. The third kappa shape index (κ3) is 3.48. The Balaban J connectivity index is 1.80. The van der Waals surface area contributed by atoms with Crippen molar-refractivity contribution < 1.29 is 23.1 Å². The van der Waals surface area contributed by atoms with Crippen LogP contribution in [0.25, 0.3) is 22.0 Å². The average Bonchev–Trinajstić information content (AvgIpc) is 2.69. The zero-order valence-electron chi connectivity index (χ0n) is 14.9. The van der Waals surface area contributed by atoms with Gasteiger partial charge in [0.05, 0.1) is 0 Å². The first-order valence-electron chi connectivity index (χ1n) is 8.67. The summed E-state index contributed by atoms with van der Waals surface area (Å²) in [6.45, 7) is 1.38. The molecule has 3 aromatic rings. The molecule has 1 N–H and O–H groups in total. The normalized spacial score (nSPS) is 14.5. The third-order valence-corrected chi connectivity index (χ3v) is 5.48. The molecule has 1 amide bonds. The minimum absolute atomic E-state index is 0.00223. The highest BCUT2D eigenvalue weighted by Crippen LogP contribution is 2.38. The summed E-state index contributed by atoms with van der Waals surface area (Å²) in [5, 5.41) is 9.50. The van der Waals surface area contributed by atoms with Crippen LogP contribution in [0.4, 0.5) is 23.8 Å². The Kier molecular flexibility index (Phi) is 5.03. The van der Waals surface area contributed by atoms with Crippen molar-refractivity contribution in [3.63, 3.8) is 0 Å². The van der Waals surface area contributed by atoms with Crippen LogP contribution in [0, 0.1) is 17.5 Å². The van der Waals surface area contributed by atoms with E-state index in [4.69, 9.17) is 5.11 Å². The van der Waals surface area contributed by atoms with Gasteiger partial charge in [-0.25, -0.2) is 27.9 Å². The fraction of sp³-hybridized carbons (Fsp3) is 0.211. The molecule has 1 fully saturated rings. The number of carbonyl (C=O) groups is 1. The average molecular weight is 467 g/mol. The maximum absolute atomic E-state index is 15.3. The van der Waals surface area contributed by atoms with E-state index in [1.807, 2.05) is 4.90 Å². The Morgan fingerprint density at radius 3 is 2.45 bits per heavy atom. The quantitative estimate of drug-likeness (QED) is 0.610. The molecule has 150 valence electrons. The van der Waals surface area contributed by atoms with Crippen LogP contribution in [0.2, 0.25) is 0 Å². The smallest absolute Gasteiger partial charge is 0.407 e. The number of amides is 1. The highest BCUT2D eigenvalue weighted by atomic mass is 79.9. The van der Waals surface area contributed by atoms with Gasteiger partial charge < -0.3 is 14.9 Å². The molecule has 0 atom stereocenters. The molecule has 2 heterocycles. The number of halogens is 4. The van der Waals surface area contributed by atoms with Gasteiger partial charge >= 0.3 is 6.09 Å². The molecule has 0 spiro atoms. The molecule has 1 saturated heterocycles. The molecule has 0 unspecified atom stereocenters. The monoisotopic (exact) mass is 466 g/mol. The molecule has 29 heavy (non-hydrogen) atoms. The van der Waals surface area contributed by atoms with Gasteiger partial charge in [-0.15, -0.1) is 0 Å². The van der Waals surface area contributed by atoms with Crippen LogP contribution in [0.1, 0.15) is 0 Å². The molecule has 0 bridgehead atoms. The van der Waals surface area contributed by atoms with Gasteiger partial charge in [0, 0.05) is 53.2 Å². The second kappa shape index (κ2) is 7.51. The van der Waals surface area contributed by atoms with Gasteiger partial charge in [0.15, 0.2) is 5.82 Å². The Bertz CT molecular complexity index is 1120. The van der Waals surface area contributed by atoms with Crippen LogP contribution in [-0.2, 0) is 0 Å². The number of carboxylic acid groups (broad SMARTS) is 1. The Morgan fingerprint density at radius 1 is 1.07 bits per heavy atom. The number of nitrogens with zero attached hydrogens (tertiary/aromatic N) is 4. The molecule has 2 aromatic carbocycles. The molecule has 1 aromatic heterocycles. The predicted octanol–water partition coefficient (Wildman–Crippen LogP) is 4.28. The maximum atomic E-state index is 15.3. The molecular weight excluding hydrogens is 453 g/mol. The molecule has 4 rings (SSSR count). The number of anilines is 1. The zero-order valence-corrected chi connectivity index (χ0v) is 16.5. The van der Waals surface area contributed by atoms with E-state index in [0.717, 1.165) is 6.07 Å². The largest absolute Gasteiger partial charge is 0.465 e. The fourth-order valence-corrected chi connectivity index (χ4v) is 4.03. The maximum Gasteiger partial charge on any atom is 0.407 e. The van der Waals surface area contributed by atoms with Crippen molar-refractivity contribution in [2.24, 2.45) is 0 Å².